The van der Waals surface area contributed by atoms with Gasteiger partial charge in [0, 0.05) is 21.8 Å². The monoisotopic (exact) mass is 273 g/mol. The molecule has 0 fully saturated rings. The highest BCUT2D eigenvalue weighted by atomic mass is 32.1. The fraction of sp³-hybridized carbons (Fsp3) is 0.412. The lowest BCUT2D eigenvalue weighted by atomic mass is 10.0. The molecule has 0 bridgehead atoms. The van der Waals surface area contributed by atoms with E-state index in [2.05, 4.69) is 68.6 Å². The Hall–Kier alpha value is -1.12. The number of aryl methyl sites for hydroxylation is 1. The van der Waals surface area contributed by atoms with Crippen molar-refractivity contribution in [1.82, 2.24) is 5.32 Å². The summed E-state index contributed by atoms with van der Waals surface area (Å²) in [4.78, 5) is 2.82. The van der Waals surface area contributed by atoms with Gasteiger partial charge in [-0.3, -0.25) is 0 Å². The Bertz CT molecular complexity index is 489. The average Bonchev–Trinajstić information content (AvgIpc) is 2.86. The summed E-state index contributed by atoms with van der Waals surface area (Å²) in [7, 11) is 0. The molecule has 0 saturated heterocycles. The van der Waals surface area contributed by atoms with Crippen LogP contribution in [0.25, 0.3) is 0 Å². The molecule has 19 heavy (non-hydrogen) atoms. The highest BCUT2D eigenvalue weighted by molar-refractivity contribution is 7.12. The molecule has 0 aliphatic carbocycles. The maximum Gasteiger partial charge on any atom is 0.0388 e. The summed E-state index contributed by atoms with van der Waals surface area (Å²) in [6.07, 6.45) is 2.26. The fourth-order valence-electron chi connectivity index (χ4n) is 2.34. The van der Waals surface area contributed by atoms with Gasteiger partial charge in [-0.15, -0.1) is 11.3 Å². The van der Waals surface area contributed by atoms with Crippen LogP contribution in [0.15, 0.2) is 42.5 Å². The highest BCUT2D eigenvalue weighted by Crippen LogP contribution is 2.23. The van der Waals surface area contributed by atoms with Crippen LogP contribution in [-0.4, -0.2) is 6.04 Å². The molecule has 1 N–H and O–H groups in total. The Labute approximate surface area is 120 Å². The third-order valence-electron chi connectivity index (χ3n) is 3.49. The standard InChI is InChI=1S/C17H23NS/c1-4-16(12-15-8-6-5-7-9-15)18-14(3)17-11-10-13(2)19-17/h5-11,14,16,18H,4,12H2,1-3H3. The first-order valence-corrected chi connectivity index (χ1v) is 7.87. The van der Waals surface area contributed by atoms with Gasteiger partial charge in [0.25, 0.3) is 0 Å². The second-order valence-electron chi connectivity index (χ2n) is 5.13. The van der Waals surface area contributed by atoms with E-state index in [1.165, 1.54) is 15.3 Å². The third-order valence-corrected chi connectivity index (χ3v) is 4.67. The molecule has 1 heterocycles. The number of hydrogen-bond acceptors (Lipinski definition) is 2. The molecular weight excluding hydrogens is 250 g/mol. The lowest BCUT2D eigenvalue weighted by Gasteiger charge is -2.21. The molecule has 2 unspecified atom stereocenters. The van der Waals surface area contributed by atoms with Crippen molar-refractivity contribution in [2.24, 2.45) is 0 Å². The van der Waals surface area contributed by atoms with E-state index in [1.807, 2.05) is 11.3 Å². The Morgan fingerprint density at radius 2 is 1.84 bits per heavy atom. The van der Waals surface area contributed by atoms with Crippen molar-refractivity contribution in [2.45, 2.75) is 45.7 Å². The Morgan fingerprint density at radius 1 is 1.11 bits per heavy atom. The number of hydrogen-bond donors (Lipinski definition) is 1. The van der Waals surface area contributed by atoms with Crippen molar-refractivity contribution in [1.29, 1.82) is 0 Å². The SMILES string of the molecule is CCC(Cc1ccccc1)NC(C)c1ccc(C)s1. The van der Waals surface area contributed by atoms with Gasteiger partial charge < -0.3 is 5.32 Å². The van der Waals surface area contributed by atoms with Crippen LogP contribution in [0.1, 0.15) is 41.6 Å². The molecule has 2 atom stereocenters. The van der Waals surface area contributed by atoms with E-state index in [1.54, 1.807) is 0 Å². The first-order valence-electron chi connectivity index (χ1n) is 7.05. The van der Waals surface area contributed by atoms with Gasteiger partial charge in [0.2, 0.25) is 0 Å². The predicted octanol–water partition coefficient (Wildman–Crippen LogP) is 4.73. The molecule has 0 radical (unpaired) electrons. The largest absolute Gasteiger partial charge is 0.306 e. The van der Waals surface area contributed by atoms with E-state index in [0.717, 1.165) is 12.8 Å². The zero-order chi connectivity index (χ0) is 13.7. The second-order valence-corrected chi connectivity index (χ2v) is 6.45. The van der Waals surface area contributed by atoms with Crippen molar-refractivity contribution < 1.29 is 0 Å². The van der Waals surface area contributed by atoms with E-state index in [4.69, 9.17) is 0 Å². The number of thiophene rings is 1. The number of benzene rings is 1. The van der Waals surface area contributed by atoms with Crippen LogP contribution >= 0.6 is 11.3 Å². The smallest absolute Gasteiger partial charge is 0.0388 e. The lowest BCUT2D eigenvalue weighted by molar-refractivity contribution is 0.444. The van der Waals surface area contributed by atoms with E-state index >= 15 is 0 Å². The molecule has 2 aromatic rings. The molecule has 0 aliphatic rings. The van der Waals surface area contributed by atoms with Crippen LogP contribution < -0.4 is 5.32 Å². The topological polar surface area (TPSA) is 12.0 Å². The first kappa shape index (κ1) is 14.3. The Morgan fingerprint density at radius 3 is 2.42 bits per heavy atom. The first-order chi connectivity index (χ1) is 9.19. The lowest BCUT2D eigenvalue weighted by Crippen LogP contribution is -2.32. The normalized spacial score (nSPS) is 14.3. The quantitative estimate of drug-likeness (QED) is 0.802. The maximum atomic E-state index is 3.76. The van der Waals surface area contributed by atoms with E-state index < -0.39 is 0 Å². The highest BCUT2D eigenvalue weighted by Gasteiger charge is 2.13. The molecule has 2 rings (SSSR count). The van der Waals surface area contributed by atoms with E-state index in [9.17, 15) is 0 Å². The molecule has 1 aromatic heterocycles. The van der Waals surface area contributed by atoms with Gasteiger partial charge >= 0.3 is 0 Å². The summed E-state index contributed by atoms with van der Waals surface area (Å²) in [5, 5.41) is 3.76. The zero-order valence-corrected chi connectivity index (χ0v) is 12.8. The van der Waals surface area contributed by atoms with Gasteiger partial charge in [-0.25, -0.2) is 0 Å². The molecule has 0 amide bonds. The predicted molar refractivity (Wildman–Crippen MR) is 84.8 cm³/mol. The minimum absolute atomic E-state index is 0.437. The molecule has 0 saturated carbocycles. The summed E-state index contributed by atoms with van der Waals surface area (Å²) in [5.41, 5.74) is 1.41. The average molecular weight is 273 g/mol. The summed E-state index contributed by atoms with van der Waals surface area (Å²) in [5.74, 6) is 0. The summed E-state index contributed by atoms with van der Waals surface area (Å²) < 4.78 is 0. The van der Waals surface area contributed by atoms with Gasteiger partial charge in [0.1, 0.15) is 0 Å². The Balaban J connectivity index is 1.95. The van der Waals surface area contributed by atoms with Crippen LogP contribution in [-0.2, 0) is 6.42 Å². The maximum absolute atomic E-state index is 3.76. The van der Waals surface area contributed by atoms with Crippen LogP contribution in [0.4, 0.5) is 0 Å². The van der Waals surface area contributed by atoms with Crippen molar-refractivity contribution in [3.8, 4) is 0 Å². The molecule has 1 nitrogen and oxygen atoms in total. The van der Waals surface area contributed by atoms with Crippen molar-refractivity contribution >= 4 is 11.3 Å². The van der Waals surface area contributed by atoms with Crippen LogP contribution in [0.3, 0.4) is 0 Å². The zero-order valence-electron chi connectivity index (χ0n) is 12.0. The number of rotatable bonds is 6. The van der Waals surface area contributed by atoms with E-state index in [0.29, 0.717) is 12.1 Å². The van der Waals surface area contributed by atoms with Gasteiger partial charge in [-0.1, -0.05) is 37.3 Å². The summed E-state index contributed by atoms with van der Waals surface area (Å²) in [6.45, 7) is 6.69. The second kappa shape index (κ2) is 6.88. The molecule has 1 aromatic carbocycles. The van der Waals surface area contributed by atoms with Gasteiger partial charge in [0.05, 0.1) is 0 Å². The minimum Gasteiger partial charge on any atom is -0.306 e. The van der Waals surface area contributed by atoms with Crippen LogP contribution in [0.2, 0.25) is 0 Å². The van der Waals surface area contributed by atoms with Crippen molar-refractivity contribution in [3.63, 3.8) is 0 Å². The molecule has 0 spiro atoms. The van der Waals surface area contributed by atoms with Crippen molar-refractivity contribution in [2.75, 3.05) is 0 Å². The van der Waals surface area contributed by atoms with Crippen molar-refractivity contribution in [3.05, 3.63) is 57.8 Å². The minimum atomic E-state index is 0.437. The molecule has 2 heteroatoms. The fourth-order valence-corrected chi connectivity index (χ4v) is 3.23. The number of nitrogens with one attached hydrogen (secondary N) is 1. The molecule has 0 aliphatic heterocycles. The molecular formula is C17H23NS. The van der Waals surface area contributed by atoms with Crippen LogP contribution in [0.5, 0.6) is 0 Å². The summed E-state index contributed by atoms with van der Waals surface area (Å²) in [6, 6.07) is 16.2. The van der Waals surface area contributed by atoms with Crippen LogP contribution in [0, 0.1) is 6.92 Å². The van der Waals surface area contributed by atoms with Gasteiger partial charge in [-0.05, 0) is 44.4 Å². The van der Waals surface area contributed by atoms with E-state index in [-0.39, 0.29) is 0 Å². The van der Waals surface area contributed by atoms with Gasteiger partial charge in [0.15, 0.2) is 0 Å². The molecule has 102 valence electrons. The third kappa shape index (κ3) is 4.19. The summed E-state index contributed by atoms with van der Waals surface area (Å²) >= 11 is 1.89. The van der Waals surface area contributed by atoms with Gasteiger partial charge in [-0.2, -0.15) is 0 Å². The Kier molecular flexibility index (Phi) is 5.17.